The van der Waals surface area contributed by atoms with Gasteiger partial charge in [-0.3, -0.25) is 0 Å². The van der Waals surface area contributed by atoms with Crippen LogP contribution in [-0.4, -0.2) is 14.2 Å². The summed E-state index contributed by atoms with van der Waals surface area (Å²) in [4.78, 5) is 0.351. The molecule has 0 radical (unpaired) electrons. The third kappa shape index (κ3) is 3.32. The van der Waals surface area contributed by atoms with Crippen LogP contribution in [0.1, 0.15) is 11.1 Å². The molecule has 2 nitrogen and oxygen atoms in total. The minimum Gasteiger partial charge on any atom is -0.223 e. The van der Waals surface area contributed by atoms with Crippen molar-refractivity contribution in [1.82, 2.24) is 0 Å². The van der Waals surface area contributed by atoms with E-state index >= 15 is 0 Å². The molecule has 19 heavy (non-hydrogen) atoms. The third-order valence-electron chi connectivity index (χ3n) is 2.89. The summed E-state index contributed by atoms with van der Waals surface area (Å²) in [5.41, 5.74) is 2.41. The van der Waals surface area contributed by atoms with Crippen LogP contribution in [0.4, 0.5) is 0 Å². The Kier molecular flexibility index (Phi) is 3.86. The van der Waals surface area contributed by atoms with E-state index in [4.69, 9.17) is 0 Å². The number of benzene rings is 2. The van der Waals surface area contributed by atoms with Gasteiger partial charge >= 0.3 is 0 Å². The summed E-state index contributed by atoms with van der Waals surface area (Å²) >= 11 is 0. The summed E-state index contributed by atoms with van der Waals surface area (Å²) in [6, 6.07) is 16.3. The van der Waals surface area contributed by atoms with E-state index in [1.165, 1.54) is 0 Å². The summed E-state index contributed by atoms with van der Waals surface area (Å²) < 4.78 is 24.6. The first-order valence-corrected chi connectivity index (χ1v) is 7.67. The molecule has 0 heterocycles. The molecule has 0 atom stereocenters. The molecule has 0 bridgehead atoms. The van der Waals surface area contributed by atoms with Gasteiger partial charge in [-0.2, -0.15) is 0 Å². The minimum atomic E-state index is -3.33. The summed E-state index contributed by atoms with van der Waals surface area (Å²) in [5, 5.41) is 0. The van der Waals surface area contributed by atoms with Crippen LogP contribution in [-0.2, 0) is 9.84 Å². The predicted octanol–water partition coefficient (Wildman–Crippen LogP) is 3.48. The van der Waals surface area contributed by atoms with Gasteiger partial charge in [0.25, 0.3) is 0 Å². The zero-order valence-electron chi connectivity index (χ0n) is 10.8. The topological polar surface area (TPSA) is 34.1 Å². The zero-order valence-corrected chi connectivity index (χ0v) is 11.7. The van der Waals surface area contributed by atoms with E-state index in [0.717, 1.165) is 11.1 Å². The molecule has 0 aromatic heterocycles. The standard InChI is InChI=1S/C16H16O2S/c1-13-7-6-10-16(11-13)19(17,18)12-14(2)15-8-4-3-5-9-15/h3-11H,2,12H2,1H3. The van der Waals surface area contributed by atoms with Gasteiger partial charge < -0.3 is 0 Å². The van der Waals surface area contributed by atoms with Gasteiger partial charge in [-0.1, -0.05) is 49.0 Å². The molecule has 0 saturated carbocycles. The first-order chi connectivity index (χ1) is 8.99. The van der Waals surface area contributed by atoms with Crippen LogP contribution in [0, 0.1) is 6.92 Å². The molecule has 0 spiro atoms. The van der Waals surface area contributed by atoms with Gasteiger partial charge in [0.15, 0.2) is 9.84 Å². The predicted molar refractivity (Wildman–Crippen MR) is 78.7 cm³/mol. The maximum Gasteiger partial charge on any atom is 0.182 e. The first-order valence-electron chi connectivity index (χ1n) is 6.02. The minimum absolute atomic E-state index is 0.0551. The molecular formula is C16H16O2S. The highest BCUT2D eigenvalue weighted by atomic mass is 32.2. The van der Waals surface area contributed by atoms with Gasteiger partial charge in [0.2, 0.25) is 0 Å². The maximum atomic E-state index is 12.3. The average Bonchev–Trinajstić information content (AvgIpc) is 2.39. The van der Waals surface area contributed by atoms with E-state index in [1.807, 2.05) is 43.3 Å². The van der Waals surface area contributed by atoms with Crippen LogP contribution in [0.5, 0.6) is 0 Å². The van der Waals surface area contributed by atoms with Gasteiger partial charge in [-0.25, -0.2) is 8.42 Å². The number of rotatable bonds is 4. The zero-order chi connectivity index (χ0) is 13.9. The van der Waals surface area contributed by atoms with Crippen LogP contribution in [0.25, 0.3) is 5.57 Å². The van der Waals surface area contributed by atoms with Crippen molar-refractivity contribution >= 4 is 15.4 Å². The highest BCUT2D eigenvalue weighted by Gasteiger charge is 2.16. The second-order valence-electron chi connectivity index (χ2n) is 4.55. The van der Waals surface area contributed by atoms with Crippen molar-refractivity contribution < 1.29 is 8.42 Å². The number of hydrogen-bond acceptors (Lipinski definition) is 2. The van der Waals surface area contributed by atoms with Crippen molar-refractivity contribution in [2.45, 2.75) is 11.8 Å². The van der Waals surface area contributed by atoms with Crippen molar-refractivity contribution in [2.75, 3.05) is 5.75 Å². The second-order valence-corrected chi connectivity index (χ2v) is 6.53. The number of hydrogen-bond donors (Lipinski definition) is 0. The summed E-state index contributed by atoms with van der Waals surface area (Å²) in [6.45, 7) is 5.76. The normalized spacial score (nSPS) is 11.2. The van der Waals surface area contributed by atoms with E-state index < -0.39 is 9.84 Å². The molecule has 0 aliphatic carbocycles. The van der Waals surface area contributed by atoms with Gasteiger partial charge in [0, 0.05) is 0 Å². The highest BCUT2D eigenvalue weighted by Crippen LogP contribution is 2.20. The lowest BCUT2D eigenvalue weighted by Gasteiger charge is -2.08. The largest absolute Gasteiger partial charge is 0.223 e. The smallest absolute Gasteiger partial charge is 0.182 e. The van der Waals surface area contributed by atoms with Crippen LogP contribution in [0.2, 0.25) is 0 Å². The Morgan fingerprint density at radius 3 is 2.37 bits per heavy atom. The summed E-state index contributed by atoms with van der Waals surface area (Å²) in [6.07, 6.45) is 0. The van der Waals surface area contributed by atoms with Crippen LogP contribution >= 0.6 is 0 Å². The van der Waals surface area contributed by atoms with Gasteiger partial charge in [-0.05, 0) is 35.8 Å². The fourth-order valence-electron chi connectivity index (χ4n) is 1.88. The molecule has 0 unspecified atom stereocenters. The lowest BCUT2D eigenvalue weighted by molar-refractivity contribution is 0.599. The summed E-state index contributed by atoms with van der Waals surface area (Å²) in [5.74, 6) is -0.0551. The first kappa shape index (κ1) is 13.6. The van der Waals surface area contributed by atoms with Crippen molar-refractivity contribution in [1.29, 1.82) is 0 Å². The molecule has 0 saturated heterocycles. The van der Waals surface area contributed by atoms with Crippen molar-refractivity contribution in [2.24, 2.45) is 0 Å². The van der Waals surface area contributed by atoms with Gasteiger partial charge in [-0.15, -0.1) is 0 Å². The fourth-order valence-corrected chi connectivity index (χ4v) is 3.32. The highest BCUT2D eigenvalue weighted by molar-refractivity contribution is 7.91. The molecule has 0 amide bonds. The van der Waals surface area contributed by atoms with E-state index in [-0.39, 0.29) is 5.75 Å². The second kappa shape index (κ2) is 5.41. The van der Waals surface area contributed by atoms with Gasteiger partial charge in [0.05, 0.1) is 10.6 Å². The van der Waals surface area contributed by atoms with E-state index in [1.54, 1.807) is 18.2 Å². The lowest BCUT2D eigenvalue weighted by Crippen LogP contribution is -2.08. The number of sulfone groups is 1. The molecule has 98 valence electrons. The maximum absolute atomic E-state index is 12.3. The molecular weight excluding hydrogens is 256 g/mol. The molecule has 0 aliphatic heterocycles. The molecule has 2 aromatic carbocycles. The van der Waals surface area contributed by atoms with Crippen LogP contribution in [0.15, 0.2) is 66.1 Å². The average molecular weight is 272 g/mol. The Balaban J connectivity index is 2.25. The van der Waals surface area contributed by atoms with Crippen LogP contribution in [0.3, 0.4) is 0 Å². The fraction of sp³-hybridized carbons (Fsp3) is 0.125. The van der Waals surface area contributed by atoms with Gasteiger partial charge in [0.1, 0.15) is 0 Å². The van der Waals surface area contributed by atoms with E-state index in [0.29, 0.717) is 10.5 Å². The Labute approximate surface area is 114 Å². The SMILES string of the molecule is C=C(CS(=O)(=O)c1cccc(C)c1)c1ccccc1. The van der Waals surface area contributed by atoms with Crippen molar-refractivity contribution in [3.63, 3.8) is 0 Å². The molecule has 2 rings (SSSR count). The Hall–Kier alpha value is -1.87. The van der Waals surface area contributed by atoms with E-state index in [9.17, 15) is 8.42 Å². The third-order valence-corrected chi connectivity index (χ3v) is 4.60. The summed E-state index contributed by atoms with van der Waals surface area (Å²) in [7, 11) is -3.33. The monoisotopic (exact) mass is 272 g/mol. The molecule has 0 fully saturated rings. The van der Waals surface area contributed by atoms with E-state index in [2.05, 4.69) is 6.58 Å². The van der Waals surface area contributed by atoms with Crippen molar-refractivity contribution in [3.8, 4) is 0 Å². The van der Waals surface area contributed by atoms with Crippen LogP contribution < -0.4 is 0 Å². The lowest BCUT2D eigenvalue weighted by atomic mass is 10.1. The molecule has 3 heteroatoms. The Bertz CT molecular complexity index is 686. The quantitative estimate of drug-likeness (QED) is 0.854. The molecule has 0 N–H and O–H groups in total. The Morgan fingerprint density at radius 2 is 1.74 bits per heavy atom. The Morgan fingerprint density at radius 1 is 1.05 bits per heavy atom. The van der Waals surface area contributed by atoms with Crippen molar-refractivity contribution in [3.05, 3.63) is 72.3 Å². The molecule has 0 aliphatic rings. The molecule has 2 aromatic rings. The number of aryl methyl sites for hydroxylation is 1.